The highest BCUT2D eigenvalue weighted by atomic mass is 32.2. The summed E-state index contributed by atoms with van der Waals surface area (Å²) in [5.41, 5.74) is 2.79. The molecule has 3 heterocycles. The molecular weight excluding hydrogens is 338 g/mol. The maximum Gasteiger partial charge on any atom is 0.209 e. The third kappa shape index (κ3) is 4.01. The maximum atomic E-state index is 12.6. The first kappa shape index (κ1) is 17.9. The van der Waals surface area contributed by atoms with Gasteiger partial charge in [0.15, 0.2) is 5.78 Å². The van der Waals surface area contributed by atoms with E-state index in [9.17, 15) is 4.79 Å². The molecule has 25 heavy (non-hydrogen) atoms. The number of aromatic nitrogens is 5. The monoisotopic (exact) mass is 361 g/mol. The minimum absolute atomic E-state index is 0.0834. The Hall–Kier alpha value is -1.93. The van der Waals surface area contributed by atoms with Crippen molar-refractivity contribution in [1.82, 2.24) is 24.8 Å². The Kier molecular flexibility index (Phi) is 5.70. The van der Waals surface area contributed by atoms with Gasteiger partial charge in [-0.05, 0) is 43.2 Å². The minimum atomic E-state index is 0.0834. The molecule has 0 aliphatic carbocycles. The van der Waals surface area contributed by atoms with Gasteiger partial charge in [-0.25, -0.2) is 4.68 Å². The fraction of sp³-hybridized carbons (Fsp3) is 0.529. The zero-order valence-electron chi connectivity index (χ0n) is 14.6. The molecule has 2 aromatic rings. The van der Waals surface area contributed by atoms with Crippen molar-refractivity contribution in [3.8, 4) is 0 Å². The van der Waals surface area contributed by atoms with Gasteiger partial charge in [-0.3, -0.25) is 4.79 Å². The Morgan fingerprint density at radius 2 is 2.36 bits per heavy atom. The molecule has 1 fully saturated rings. The van der Waals surface area contributed by atoms with E-state index in [0.717, 1.165) is 36.4 Å². The fourth-order valence-electron chi connectivity index (χ4n) is 3.10. The standard InChI is InChI=1S/C17H23N5O2S/c1-4-7-21-12(2)9-15(13(21)3)16(23)11-25-17-18-19-20-22(17)10-14-6-5-8-24-14/h4,9,14H,1,5-8,10-11H2,2-3H3. The molecule has 1 unspecified atom stereocenters. The number of ketones is 1. The van der Waals surface area contributed by atoms with E-state index in [4.69, 9.17) is 4.74 Å². The second-order valence-electron chi connectivity index (χ2n) is 6.17. The molecule has 0 bridgehead atoms. The smallest absolute Gasteiger partial charge is 0.209 e. The van der Waals surface area contributed by atoms with Gasteiger partial charge in [0, 0.05) is 30.1 Å². The highest BCUT2D eigenvalue weighted by molar-refractivity contribution is 7.99. The van der Waals surface area contributed by atoms with E-state index in [1.807, 2.05) is 26.0 Å². The number of allylic oxidation sites excluding steroid dienone is 1. The molecule has 0 saturated carbocycles. The van der Waals surface area contributed by atoms with E-state index >= 15 is 0 Å². The van der Waals surface area contributed by atoms with Gasteiger partial charge in [0.25, 0.3) is 0 Å². The van der Waals surface area contributed by atoms with Crippen molar-refractivity contribution in [2.24, 2.45) is 0 Å². The van der Waals surface area contributed by atoms with Crippen LogP contribution in [0, 0.1) is 13.8 Å². The SMILES string of the molecule is C=CCn1c(C)cc(C(=O)CSc2nnnn2CC2CCCO2)c1C. The zero-order valence-corrected chi connectivity index (χ0v) is 15.5. The van der Waals surface area contributed by atoms with Gasteiger partial charge in [-0.15, -0.1) is 11.7 Å². The molecule has 1 aliphatic rings. The third-order valence-corrected chi connectivity index (χ3v) is 5.37. The molecular formula is C17H23N5O2S. The predicted octanol–water partition coefficient (Wildman–Crippen LogP) is 2.43. The lowest BCUT2D eigenvalue weighted by molar-refractivity contribution is 0.0912. The van der Waals surface area contributed by atoms with E-state index in [0.29, 0.717) is 24.0 Å². The van der Waals surface area contributed by atoms with Crippen molar-refractivity contribution >= 4 is 17.5 Å². The largest absolute Gasteiger partial charge is 0.376 e. The van der Waals surface area contributed by atoms with Crippen LogP contribution in [0.2, 0.25) is 0 Å². The van der Waals surface area contributed by atoms with Crippen LogP contribution < -0.4 is 0 Å². The van der Waals surface area contributed by atoms with Crippen LogP contribution in [-0.4, -0.2) is 49.0 Å². The second kappa shape index (κ2) is 7.97. The molecule has 0 aromatic carbocycles. The lowest BCUT2D eigenvalue weighted by atomic mass is 10.2. The Balaban J connectivity index is 1.64. The molecule has 0 radical (unpaired) electrons. The van der Waals surface area contributed by atoms with Crippen LogP contribution in [0.5, 0.6) is 0 Å². The number of aryl methyl sites for hydroxylation is 1. The first-order valence-corrected chi connectivity index (χ1v) is 9.40. The summed E-state index contributed by atoms with van der Waals surface area (Å²) in [6, 6.07) is 1.94. The van der Waals surface area contributed by atoms with Crippen LogP contribution >= 0.6 is 11.8 Å². The Bertz CT molecular complexity index is 761. The van der Waals surface area contributed by atoms with Crippen LogP contribution in [0.1, 0.15) is 34.6 Å². The van der Waals surface area contributed by atoms with Crippen molar-refractivity contribution in [1.29, 1.82) is 0 Å². The van der Waals surface area contributed by atoms with E-state index in [1.165, 1.54) is 11.8 Å². The van der Waals surface area contributed by atoms with Gasteiger partial charge in [0.1, 0.15) is 0 Å². The van der Waals surface area contributed by atoms with Crippen LogP contribution in [0.15, 0.2) is 23.9 Å². The lowest BCUT2D eigenvalue weighted by Crippen LogP contribution is -2.17. The van der Waals surface area contributed by atoms with Gasteiger partial charge in [0.2, 0.25) is 5.16 Å². The second-order valence-corrected chi connectivity index (χ2v) is 7.12. The molecule has 2 aromatic heterocycles. The molecule has 7 nitrogen and oxygen atoms in total. The molecule has 3 rings (SSSR count). The first-order chi connectivity index (χ1) is 12.1. The number of hydrogen-bond acceptors (Lipinski definition) is 6. The number of nitrogens with zero attached hydrogens (tertiary/aromatic N) is 5. The van der Waals surface area contributed by atoms with Crippen molar-refractivity contribution in [3.05, 3.63) is 35.7 Å². The highest BCUT2D eigenvalue weighted by Gasteiger charge is 2.20. The molecule has 1 saturated heterocycles. The number of carbonyl (C=O) groups is 1. The average molecular weight is 361 g/mol. The number of tetrazole rings is 1. The molecule has 134 valence electrons. The van der Waals surface area contributed by atoms with Gasteiger partial charge in [0.05, 0.1) is 18.4 Å². The summed E-state index contributed by atoms with van der Waals surface area (Å²) in [6.45, 7) is 9.88. The predicted molar refractivity (Wildman–Crippen MR) is 95.9 cm³/mol. The van der Waals surface area contributed by atoms with Crippen molar-refractivity contribution in [3.63, 3.8) is 0 Å². The summed E-state index contributed by atoms with van der Waals surface area (Å²) in [6.07, 6.45) is 4.10. The van der Waals surface area contributed by atoms with Gasteiger partial charge < -0.3 is 9.30 Å². The summed E-state index contributed by atoms with van der Waals surface area (Å²) >= 11 is 1.37. The summed E-state index contributed by atoms with van der Waals surface area (Å²) < 4.78 is 9.45. The van der Waals surface area contributed by atoms with Crippen molar-refractivity contribution in [2.75, 3.05) is 12.4 Å². The maximum absolute atomic E-state index is 12.6. The molecule has 0 N–H and O–H groups in total. The Morgan fingerprint density at radius 1 is 1.52 bits per heavy atom. The lowest BCUT2D eigenvalue weighted by Gasteiger charge is -2.10. The van der Waals surface area contributed by atoms with Crippen LogP contribution in [0.4, 0.5) is 0 Å². The Labute approximate surface area is 151 Å². The zero-order chi connectivity index (χ0) is 17.8. The summed E-state index contributed by atoms with van der Waals surface area (Å²) in [5, 5.41) is 12.4. The summed E-state index contributed by atoms with van der Waals surface area (Å²) in [7, 11) is 0. The Morgan fingerprint density at radius 3 is 3.08 bits per heavy atom. The average Bonchev–Trinajstić information content (AvgIpc) is 3.31. The van der Waals surface area contributed by atoms with Crippen LogP contribution in [0.3, 0.4) is 0 Å². The number of rotatable bonds is 8. The molecule has 8 heteroatoms. The number of ether oxygens (including phenoxy) is 1. The van der Waals surface area contributed by atoms with Crippen molar-refractivity contribution in [2.45, 2.75) is 51.0 Å². The minimum Gasteiger partial charge on any atom is -0.376 e. The molecule has 1 atom stereocenters. The van der Waals surface area contributed by atoms with E-state index in [2.05, 4.69) is 26.7 Å². The van der Waals surface area contributed by atoms with Crippen molar-refractivity contribution < 1.29 is 9.53 Å². The fourth-order valence-corrected chi connectivity index (χ4v) is 3.87. The van der Waals surface area contributed by atoms with Gasteiger partial charge in [-0.1, -0.05) is 17.8 Å². The number of thioether (sulfide) groups is 1. The van der Waals surface area contributed by atoms with E-state index in [-0.39, 0.29) is 11.9 Å². The number of Topliss-reactive ketones (excluding diaryl/α,β-unsaturated/α-hetero) is 1. The van der Waals surface area contributed by atoms with Gasteiger partial charge >= 0.3 is 0 Å². The summed E-state index contributed by atoms with van der Waals surface area (Å²) in [4.78, 5) is 12.6. The quantitative estimate of drug-likeness (QED) is 0.408. The number of hydrogen-bond donors (Lipinski definition) is 0. The normalized spacial score (nSPS) is 17.1. The first-order valence-electron chi connectivity index (χ1n) is 8.41. The van der Waals surface area contributed by atoms with Gasteiger partial charge in [-0.2, -0.15) is 0 Å². The summed E-state index contributed by atoms with van der Waals surface area (Å²) in [5.74, 6) is 0.393. The highest BCUT2D eigenvalue weighted by Crippen LogP contribution is 2.22. The van der Waals surface area contributed by atoms with E-state index < -0.39 is 0 Å². The number of carbonyl (C=O) groups excluding carboxylic acids is 1. The molecule has 0 spiro atoms. The third-order valence-electron chi connectivity index (χ3n) is 4.42. The van der Waals surface area contributed by atoms with Crippen LogP contribution in [-0.2, 0) is 17.8 Å². The molecule has 0 amide bonds. The topological polar surface area (TPSA) is 74.8 Å². The molecule has 1 aliphatic heterocycles. The van der Waals surface area contributed by atoms with Crippen LogP contribution in [0.25, 0.3) is 0 Å². The van der Waals surface area contributed by atoms with E-state index in [1.54, 1.807) is 4.68 Å².